The third kappa shape index (κ3) is 4.75. The van der Waals surface area contributed by atoms with Crippen LogP contribution in [0.25, 0.3) is 11.0 Å². The van der Waals surface area contributed by atoms with Crippen molar-refractivity contribution in [3.63, 3.8) is 0 Å². The van der Waals surface area contributed by atoms with Gasteiger partial charge in [0, 0.05) is 25.4 Å². The Morgan fingerprint density at radius 2 is 1.97 bits per heavy atom. The summed E-state index contributed by atoms with van der Waals surface area (Å²) in [4.78, 5) is 20.5. The summed E-state index contributed by atoms with van der Waals surface area (Å²) in [6.45, 7) is 0. The van der Waals surface area contributed by atoms with Crippen LogP contribution in [0, 0.1) is 5.21 Å². The fraction of sp³-hybridized carbons (Fsp3) is 0.100. The molecule has 9 nitrogen and oxygen atoms in total. The monoisotopic (exact) mass is 478 g/mol. The van der Waals surface area contributed by atoms with E-state index in [-0.39, 0.29) is 15.4 Å². The lowest BCUT2D eigenvalue weighted by atomic mass is 10.2. The number of halogens is 4. The molecule has 3 aromatic heterocycles. The average Bonchev–Trinajstić information content (AvgIpc) is 3.13. The standard InChI is InChI=1S/C20H14ClF3N6O3/c1-29-6-5-15-17(29)18(26-10-25-15)33-12-2-3-14(13(21)9-12)27-19(31)28-16-8-11(20(22,23)24)4-7-30(16)32/h2-10H,1H3,(H2,27,28,31). The van der Waals surface area contributed by atoms with Gasteiger partial charge in [-0.25, -0.2) is 14.5 Å². The summed E-state index contributed by atoms with van der Waals surface area (Å²) in [7, 11) is 1.81. The highest BCUT2D eigenvalue weighted by Crippen LogP contribution is 2.32. The van der Waals surface area contributed by atoms with Gasteiger partial charge < -0.3 is 14.5 Å². The van der Waals surface area contributed by atoms with Crippen molar-refractivity contribution in [1.29, 1.82) is 0 Å². The Balaban J connectivity index is 1.49. The summed E-state index contributed by atoms with van der Waals surface area (Å²) >= 11 is 6.21. The maximum atomic E-state index is 12.8. The van der Waals surface area contributed by atoms with Gasteiger partial charge >= 0.3 is 12.2 Å². The first kappa shape index (κ1) is 22.1. The predicted octanol–water partition coefficient (Wildman–Crippen LogP) is 4.71. The Bertz CT molecular complexity index is 1360. The first-order valence-electron chi connectivity index (χ1n) is 9.23. The minimum absolute atomic E-state index is 0.0823. The molecule has 4 aromatic rings. The van der Waals surface area contributed by atoms with Gasteiger partial charge in [0.05, 0.1) is 28.0 Å². The number of carbonyl (C=O) groups excluding carboxylic acids is 1. The van der Waals surface area contributed by atoms with Crippen LogP contribution in [0.4, 0.5) is 29.5 Å². The van der Waals surface area contributed by atoms with Gasteiger partial charge in [-0.1, -0.05) is 11.6 Å². The van der Waals surface area contributed by atoms with Crippen LogP contribution >= 0.6 is 11.6 Å². The van der Waals surface area contributed by atoms with Crippen LogP contribution in [0.1, 0.15) is 5.56 Å². The number of aryl methyl sites for hydroxylation is 1. The van der Waals surface area contributed by atoms with E-state index in [1.54, 1.807) is 16.8 Å². The number of urea groups is 1. The Morgan fingerprint density at radius 3 is 2.70 bits per heavy atom. The topological polar surface area (TPSA) is 108 Å². The number of hydrogen-bond acceptors (Lipinski definition) is 5. The van der Waals surface area contributed by atoms with E-state index in [1.165, 1.54) is 24.5 Å². The van der Waals surface area contributed by atoms with E-state index in [1.807, 2.05) is 7.05 Å². The van der Waals surface area contributed by atoms with Gasteiger partial charge in [-0.2, -0.15) is 23.5 Å². The normalized spacial score (nSPS) is 11.4. The summed E-state index contributed by atoms with van der Waals surface area (Å²) < 4.78 is 46.2. The Kier molecular flexibility index (Phi) is 5.68. The van der Waals surface area contributed by atoms with Crippen molar-refractivity contribution in [2.75, 3.05) is 10.6 Å². The smallest absolute Gasteiger partial charge is 0.416 e. The number of rotatable bonds is 4. The van der Waals surface area contributed by atoms with Crippen molar-refractivity contribution in [2.45, 2.75) is 6.18 Å². The quantitative estimate of drug-likeness (QED) is 0.326. The Hall–Kier alpha value is -4.06. The van der Waals surface area contributed by atoms with E-state index < -0.39 is 23.6 Å². The first-order chi connectivity index (χ1) is 15.6. The van der Waals surface area contributed by atoms with Crippen LogP contribution < -0.4 is 20.1 Å². The Morgan fingerprint density at radius 1 is 1.18 bits per heavy atom. The van der Waals surface area contributed by atoms with Gasteiger partial charge in [-0.15, -0.1) is 0 Å². The first-order valence-corrected chi connectivity index (χ1v) is 9.61. The molecule has 0 spiro atoms. The molecule has 0 aliphatic carbocycles. The number of carbonyl (C=O) groups is 1. The van der Waals surface area contributed by atoms with Crippen molar-refractivity contribution in [2.24, 2.45) is 7.05 Å². The van der Waals surface area contributed by atoms with E-state index in [9.17, 15) is 23.2 Å². The van der Waals surface area contributed by atoms with Crippen LogP contribution in [-0.4, -0.2) is 20.6 Å². The molecule has 0 saturated carbocycles. The molecule has 0 fully saturated rings. The second-order valence-corrected chi connectivity index (χ2v) is 7.19. The number of ether oxygens (including phenoxy) is 1. The third-order valence-corrected chi connectivity index (χ3v) is 4.83. The average molecular weight is 479 g/mol. The molecular weight excluding hydrogens is 465 g/mol. The van der Waals surface area contributed by atoms with E-state index in [4.69, 9.17) is 16.3 Å². The van der Waals surface area contributed by atoms with E-state index in [0.29, 0.717) is 41.0 Å². The van der Waals surface area contributed by atoms with Crippen molar-refractivity contribution in [3.8, 4) is 11.6 Å². The molecule has 3 heterocycles. The number of amides is 2. The van der Waals surface area contributed by atoms with E-state index >= 15 is 0 Å². The second kappa shape index (κ2) is 8.47. The number of nitrogens with zero attached hydrogens (tertiary/aromatic N) is 4. The maximum Gasteiger partial charge on any atom is 0.416 e. The van der Waals surface area contributed by atoms with Crippen molar-refractivity contribution in [1.82, 2.24) is 14.5 Å². The third-order valence-electron chi connectivity index (χ3n) is 4.52. The summed E-state index contributed by atoms with van der Waals surface area (Å²) in [5.41, 5.74) is 0.412. The SMILES string of the molecule is Cn1ccc2ncnc(Oc3ccc(NC(=O)Nc4cc(C(F)(F)F)cc[n+]4[O-])c(Cl)c3)c21. The molecule has 33 heavy (non-hydrogen) atoms. The zero-order chi connectivity index (χ0) is 23.8. The largest absolute Gasteiger partial charge is 0.711 e. The number of hydrogen-bond donors (Lipinski definition) is 2. The molecule has 0 atom stereocenters. The lowest BCUT2D eigenvalue weighted by Crippen LogP contribution is -2.34. The summed E-state index contributed by atoms with van der Waals surface area (Å²) in [6.07, 6.45) is -0.861. The number of alkyl halides is 3. The van der Waals surface area contributed by atoms with Gasteiger partial charge in [0.15, 0.2) is 0 Å². The molecule has 0 aliphatic rings. The predicted molar refractivity (Wildman–Crippen MR) is 113 cm³/mol. The molecule has 2 amide bonds. The molecule has 1 aromatic carbocycles. The highest BCUT2D eigenvalue weighted by molar-refractivity contribution is 6.34. The van der Waals surface area contributed by atoms with Crippen molar-refractivity contribution >= 4 is 40.2 Å². The minimum Gasteiger partial charge on any atom is -0.711 e. The van der Waals surface area contributed by atoms with Gasteiger partial charge in [0.25, 0.3) is 5.82 Å². The Labute approximate surface area is 189 Å². The van der Waals surface area contributed by atoms with Gasteiger partial charge in [0.2, 0.25) is 5.88 Å². The molecule has 0 radical (unpaired) electrons. The highest BCUT2D eigenvalue weighted by atomic mass is 35.5. The maximum absolute atomic E-state index is 12.8. The molecule has 0 aliphatic heterocycles. The second-order valence-electron chi connectivity index (χ2n) is 6.79. The molecule has 0 unspecified atom stereocenters. The fourth-order valence-corrected chi connectivity index (χ4v) is 3.18. The number of nitrogens with one attached hydrogen (secondary N) is 2. The van der Waals surface area contributed by atoms with Crippen molar-refractivity contribution < 1.29 is 27.4 Å². The number of anilines is 2. The molecule has 170 valence electrons. The molecule has 0 bridgehead atoms. The molecule has 2 N–H and O–H groups in total. The zero-order valence-corrected chi connectivity index (χ0v) is 17.5. The van der Waals surface area contributed by atoms with Gasteiger partial charge in [0.1, 0.15) is 17.6 Å². The van der Waals surface area contributed by atoms with Gasteiger partial charge in [-0.3, -0.25) is 5.32 Å². The molecule has 0 saturated heterocycles. The fourth-order valence-electron chi connectivity index (χ4n) is 2.96. The lowest BCUT2D eigenvalue weighted by Gasteiger charge is -2.12. The van der Waals surface area contributed by atoms with Crippen LogP contribution in [0.3, 0.4) is 0 Å². The number of aromatic nitrogens is 4. The minimum atomic E-state index is -4.67. The number of pyridine rings is 1. The number of fused-ring (bicyclic) bond motifs is 1. The number of benzene rings is 1. The molecular formula is C20H14ClF3N6O3. The van der Waals surface area contributed by atoms with Crippen LogP contribution in [0.5, 0.6) is 11.6 Å². The summed E-state index contributed by atoms with van der Waals surface area (Å²) in [6, 6.07) is 6.33. The van der Waals surface area contributed by atoms with Crippen LogP contribution in [-0.2, 0) is 13.2 Å². The molecule has 4 rings (SSSR count). The van der Waals surface area contributed by atoms with E-state index in [0.717, 1.165) is 0 Å². The summed E-state index contributed by atoms with van der Waals surface area (Å²) in [5, 5.41) is 16.2. The van der Waals surface area contributed by atoms with Crippen molar-refractivity contribution in [3.05, 3.63) is 70.9 Å². The van der Waals surface area contributed by atoms with Crippen LogP contribution in [0.2, 0.25) is 5.02 Å². The summed E-state index contributed by atoms with van der Waals surface area (Å²) in [5.74, 6) is 0.0164. The zero-order valence-electron chi connectivity index (χ0n) is 16.7. The lowest BCUT2D eigenvalue weighted by molar-refractivity contribution is -0.590. The van der Waals surface area contributed by atoms with Crippen LogP contribution in [0.15, 0.2) is 55.1 Å². The molecule has 13 heteroatoms. The van der Waals surface area contributed by atoms with E-state index in [2.05, 4.69) is 20.6 Å². The highest BCUT2D eigenvalue weighted by Gasteiger charge is 2.32. The van der Waals surface area contributed by atoms with Gasteiger partial charge in [-0.05, 0) is 24.3 Å².